The first-order valence-electron chi connectivity index (χ1n) is 4.91. The van der Waals surface area contributed by atoms with E-state index in [-0.39, 0.29) is 11.0 Å². The number of allylic oxidation sites excluding steroid dienone is 1. The molecule has 0 aliphatic rings. The van der Waals surface area contributed by atoms with Crippen LogP contribution in [0.25, 0.3) is 0 Å². The molecule has 0 bridgehead atoms. The van der Waals surface area contributed by atoms with E-state index >= 15 is 0 Å². The van der Waals surface area contributed by atoms with Crippen LogP contribution in [-0.4, -0.2) is 5.97 Å². The van der Waals surface area contributed by atoms with E-state index < -0.39 is 5.97 Å². The molecule has 0 aliphatic heterocycles. The average Bonchev–Trinajstić information content (AvgIpc) is 2.17. The summed E-state index contributed by atoms with van der Waals surface area (Å²) >= 11 is 0. The van der Waals surface area contributed by atoms with Gasteiger partial charge >= 0.3 is 0 Å². The number of carbonyl (C=O) groups excluding carboxylic acids is 1. The van der Waals surface area contributed by atoms with E-state index in [9.17, 15) is 9.90 Å². The number of benzene rings is 1. The summed E-state index contributed by atoms with van der Waals surface area (Å²) in [5.41, 5.74) is 0.840. The van der Waals surface area contributed by atoms with Crippen LogP contribution in [0.3, 0.4) is 0 Å². The molecule has 0 aromatic heterocycles. The molecule has 80 valence electrons. The van der Waals surface area contributed by atoms with Crippen molar-refractivity contribution in [3.63, 3.8) is 0 Å². The minimum atomic E-state index is -1.12. The number of hydrogen-bond acceptors (Lipinski definition) is 2. The molecule has 0 N–H and O–H groups in total. The third kappa shape index (κ3) is 2.46. The molecule has 0 saturated carbocycles. The van der Waals surface area contributed by atoms with Gasteiger partial charge in [0.15, 0.2) is 0 Å². The smallest absolute Gasteiger partial charge is 0.0718 e. The quantitative estimate of drug-likeness (QED) is 0.701. The zero-order chi connectivity index (χ0) is 11.5. The fraction of sp³-hybridized carbons (Fsp3) is 0.308. The van der Waals surface area contributed by atoms with Crippen LogP contribution in [0, 0.1) is 0 Å². The number of carboxylic acid groups (broad SMARTS) is 1. The second kappa shape index (κ2) is 4.30. The molecular weight excluding hydrogens is 188 g/mol. The molecule has 0 spiro atoms. The first-order valence-corrected chi connectivity index (χ1v) is 4.91. The van der Waals surface area contributed by atoms with Crippen LogP contribution < -0.4 is 5.11 Å². The molecule has 2 nitrogen and oxygen atoms in total. The highest BCUT2D eigenvalue weighted by molar-refractivity contribution is 5.88. The van der Waals surface area contributed by atoms with E-state index in [2.05, 4.69) is 6.58 Å². The summed E-state index contributed by atoms with van der Waals surface area (Å²) in [6, 6.07) is 6.95. The summed E-state index contributed by atoms with van der Waals surface area (Å²) in [6.45, 7) is 7.68. The zero-order valence-corrected chi connectivity index (χ0v) is 9.12. The molecule has 2 heteroatoms. The van der Waals surface area contributed by atoms with Gasteiger partial charge < -0.3 is 9.90 Å². The normalized spacial score (nSPS) is 11.1. The van der Waals surface area contributed by atoms with Crippen LogP contribution in [-0.2, 0) is 5.41 Å². The molecule has 0 aliphatic carbocycles. The molecule has 0 radical (unpaired) electrons. The third-order valence-corrected chi connectivity index (χ3v) is 2.53. The van der Waals surface area contributed by atoms with E-state index in [0.29, 0.717) is 0 Å². The van der Waals surface area contributed by atoms with Gasteiger partial charge in [-0.05, 0) is 17.4 Å². The molecule has 1 rings (SSSR count). The van der Waals surface area contributed by atoms with Crippen LogP contribution >= 0.6 is 0 Å². The Balaban J connectivity index is 3.23. The minimum Gasteiger partial charge on any atom is -0.545 e. The van der Waals surface area contributed by atoms with Crippen LogP contribution in [0.2, 0.25) is 0 Å². The van der Waals surface area contributed by atoms with Gasteiger partial charge in [0.25, 0.3) is 0 Å². The van der Waals surface area contributed by atoms with Gasteiger partial charge in [-0.1, -0.05) is 44.2 Å². The Hall–Kier alpha value is -1.57. The molecular formula is C13H15O2-. The van der Waals surface area contributed by atoms with Crippen molar-refractivity contribution in [1.82, 2.24) is 0 Å². The minimum absolute atomic E-state index is 0.224. The Morgan fingerprint density at radius 3 is 2.60 bits per heavy atom. The topological polar surface area (TPSA) is 40.1 Å². The summed E-state index contributed by atoms with van der Waals surface area (Å²) in [7, 11) is 0. The zero-order valence-electron chi connectivity index (χ0n) is 9.12. The predicted molar refractivity (Wildman–Crippen MR) is 58.6 cm³/mol. The Labute approximate surface area is 90.3 Å². The summed E-state index contributed by atoms with van der Waals surface area (Å²) in [5, 5.41) is 10.9. The SMILES string of the molecule is C=CCC(C)(C)c1ccccc1C(=O)[O-]. The number of rotatable bonds is 4. The van der Waals surface area contributed by atoms with Crippen LogP contribution in [0.4, 0.5) is 0 Å². The number of hydrogen-bond donors (Lipinski definition) is 0. The Kier molecular flexibility index (Phi) is 3.30. The second-order valence-corrected chi connectivity index (χ2v) is 4.21. The lowest BCUT2D eigenvalue weighted by molar-refractivity contribution is -0.255. The van der Waals surface area contributed by atoms with Crippen molar-refractivity contribution in [2.24, 2.45) is 0 Å². The Bertz CT molecular complexity index is 378. The van der Waals surface area contributed by atoms with E-state index in [0.717, 1.165) is 12.0 Å². The summed E-state index contributed by atoms with van der Waals surface area (Å²) in [4.78, 5) is 10.9. The Morgan fingerprint density at radius 2 is 2.07 bits per heavy atom. The number of carboxylic acids is 1. The maximum absolute atomic E-state index is 10.9. The lowest BCUT2D eigenvalue weighted by Gasteiger charge is -2.26. The highest BCUT2D eigenvalue weighted by Gasteiger charge is 2.21. The van der Waals surface area contributed by atoms with Gasteiger partial charge in [-0.2, -0.15) is 0 Å². The molecule has 1 aromatic rings. The first-order chi connectivity index (χ1) is 6.99. The van der Waals surface area contributed by atoms with Gasteiger partial charge in [0.05, 0.1) is 5.97 Å². The van der Waals surface area contributed by atoms with Gasteiger partial charge in [0.2, 0.25) is 0 Å². The molecule has 0 heterocycles. The molecule has 0 amide bonds. The molecule has 1 aromatic carbocycles. The van der Waals surface area contributed by atoms with Crippen molar-refractivity contribution in [2.45, 2.75) is 25.7 Å². The molecule has 15 heavy (non-hydrogen) atoms. The lowest BCUT2D eigenvalue weighted by Crippen LogP contribution is -2.28. The lowest BCUT2D eigenvalue weighted by atomic mass is 9.79. The van der Waals surface area contributed by atoms with Crippen molar-refractivity contribution >= 4 is 5.97 Å². The van der Waals surface area contributed by atoms with Crippen molar-refractivity contribution in [1.29, 1.82) is 0 Å². The van der Waals surface area contributed by atoms with E-state index in [4.69, 9.17) is 0 Å². The summed E-state index contributed by atoms with van der Waals surface area (Å²) < 4.78 is 0. The van der Waals surface area contributed by atoms with Gasteiger partial charge in [0.1, 0.15) is 0 Å². The predicted octanol–water partition coefficient (Wildman–Crippen LogP) is 1.90. The summed E-state index contributed by atoms with van der Waals surface area (Å²) in [6.07, 6.45) is 2.53. The monoisotopic (exact) mass is 203 g/mol. The van der Waals surface area contributed by atoms with Crippen molar-refractivity contribution in [2.75, 3.05) is 0 Å². The first kappa shape index (κ1) is 11.5. The van der Waals surface area contributed by atoms with Crippen LogP contribution in [0.15, 0.2) is 36.9 Å². The summed E-state index contributed by atoms with van der Waals surface area (Å²) in [5.74, 6) is -1.12. The van der Waals surface area contributed by atoms with Gasteiger partial charge in [-0.15, -0.1) is 6.58 Å². The van der Waals surface area contributed by atoms with Gasteiger partial charge in [-0.25, -0.2) is 0 Å². The van der Waals surface area contributed by atoms with Crippen molar-refractivity contribution in [3.05, 3.63) is 48.0 Å². The van der Waals surface area contributed by atoms with E-state index in [1.807, 2.05) is 26.0 Å². The number of aromatic carboxylic acids is 1. The molecule has 0 atom stereocenters. The molecule has 0 fully saturated rings. The largest absolute Gasteiger partial charge is 0.545 e. The van der Waals surface area contributed by atoms with E-state index in [1.54, 1.807) is 18.2 Å². The van der Waals surface area contributed by atoms with Crippen molar-refractivity contribution in [3.8, 4) is 0 Å². The van der Waals surface area contributed by atoms with Gasteiger partial charge in [-0.3, -0.25) is 0 Å². The highest BCUT2D eigenvalue weighted by Crippen LogP contribution is 2.29. The Morgan fingerprint density at radius 1 is 1.47 bits per heavy atom. The second-order valence-electron chi connectivity index (χ2n) is 4.21. The highest BCUT2D eigenvalue weighted by atomic mass is 16.4. The fourth-order valence-corrected chi connectivity index (χ4v) is 1.72. The van der Waals surface area contributed by atoms with Gasteiger partial charge in [0, 0.05) is 5.56 Å². The number of carbonyl (C=O) groups is 1. The molecule has 0 saturated heterocycles. The van der Waals surface area contributed by atoms with Crippen LogP contribution in [0.1, 0.15) is 36.2 Å². The third-order valence-electron chi connectivity index (χ3n) is 2.53. The average molecular weight is 203 g/mol. The maximum atomic E-state index is 10.9. The van der Waals surface area contributed by atoms with Crippen molar-refractivity contribution < 1.29 is 9.90 Å². The van der Waals surface area contributed by atoms with Crippen LogP contribution in [0.5, 0.6) is 0 Å². The molecule has 0 unspecified atom stereocenters. The van der Waals surface area contributed by atoms with E-state index in [1.165, 1.54) is 0 Å². The standard InChI is InChI=1S/C13H16O2/c1-4-9-13(2,3)11-8-6-5-7-10(11)12(14)15/h4-8H,1,9H2,2-3H3,(H,14,15)/p-1. The maximum Gasteiger partial charge on any atom is 0.0718 e. The fourth-order valence-electron chi connectivity index (χ4n) is 1.72.